The number of rotatable bonds is 3. The molecule has 1 aromatic carbocycles. The largest absolute Gasteiger partial charge is 0.459 e. The summed E-state index contributed by atoms with van der Waals surface area (Å²) in [6.07, 6.45) is 1.04. The molecule has 0 unspecified atom stereocenters. The molecule has 2 aliphatic heterocycles. The van der Waals surface area contributed by atoms with Crippen LogP contribution in [0, 0.1) is 5.92 Å². The first-order valence-corrected chi connectivity index (χ1v) is 9.01. The van der Waals surface area contributed by atoms with E-state index in [2.05, 4.69) is 0 Å². The molecular formula is C20H25NO5. The van der Waals surface area contributed by atoms with Crippen LogP contribution >= 0.6 is 0 Å². The molecule has 2 heterocycles. The molecule has 4 rings (SSSR count). The maximum atomic E-state index is 12.8. The molecular weight excluding hydrogens is 334 g/mol. The number of hydrogen-bond acceptors (Lipinski definition) is 5. The summed E-state index contributed by atoms with van der Waals surface area (Å²) in [6, 6.07) is 8.14. The zero-order chi connectivity index (χ0) is 18.9. The zero-order valence-corrected chi connectivity index (χ0v) is 15.4. The fourth-order valence-electron chi connectivity index (χ4n) is 3.68. The van der Waals surface area contributed by atoms with Crippen LogP contribution in [0.4, 0.5) is 4.79 Å². The molecule has 0 spiro atoms. The van der Waals surface area contributed by atoms with Crippen LogP contribution in [0.1, 0.15) is 45.6 Å². The Kier molecular flexibility index (Phi) is 5.03. The van der Waals surface area contributed by atoms with Crippen molar-refractivity contribution < 1.29 is 23.9 Å². The van der Waals surface area contributed by atoms with Crippen molar-refractivity contribution in [3.8, 4) is 0 Å². The molecule has 2 saturated heterocycles. The zero-order valence-electron chi connectivity index (χ0n) is 15.4. The van der Waals surface area contributed by atoms with Gasteiger partial charge in [-0.3, -0.25) is 9.69 Å². The first kappa shape index (κ1) is 18.4. The number of hydrogen-bond donors (Lipinski definition) is 0. The van der Waals surface area contributed by atoms with Crippen molar-refractivity contribution >= 4 is 17.8 Å². The van der Waals surface area contributed by atoms with Gasteiger partial charge in [0.25, 0.3) is 0 Å². The van der Waals surface area contributed by atoms with Crippen LogP contribution in [-0.2, 0) is 25.7 Å². The lowest BCUT2D eigenvalue weighted by Gasteiger charge is -2.48. The SMILES string of the molecule is CC(C)(C)OC(=O)N1[C@H]2CC[C@H](C(=O)C2)[C@H]1C(=O)OCc1ccccc1. The summed E-state index contributed by atoms with van der Waals surface area (Å²) in [6.45, 7) is 5.45. The fraction of sp³-hybridized carbons (Fsp3) is 0.550. The van der Waals surface area contributed by atoms with Gasteiger partial charge in [0, 0.05) is 18.4 Å². The second-order valence-electron chi connectivity index (χ2n) is 7.93. The maximum Gasteiger partial charge on any atom is 0.411 e. The molecule has 1 saturated carbocycles. The molecule has 2 bridgehead atoms. The highest BCUT2D eigenvalue weighted by Gasteiger charge is 2.53. The van der Waals surface area contributed by atoms with E-state index in [1.807, 2.05) is 30.3 Å². The number of carbonyl (C=O) groups is 3. The topological polar surface area (TPSA) is 72.9 Å². The molecule has 26 heavy (non-hydrogen) atoms. The first-order chi connectivity index (χ1) is 12.3. The number of ketones is 1. The Morgan fingerprint density at radius 2 is 1.85 bits per heavy atom. The maximum absolute atomic E-state index is 12.8. The lowest BCUT2D eigenvalue weighted by atomic mass is 9.74. The molecule has 3 fully saturated rings. The Balaban J connectivity index is 1.77. The molecule has 6 nitrogen and oxygen atoms in total. The third-order valence-corrected chi connectivity index (χ3v) is 4.81. The fourth-order valence-corrected chi connectivity index (χ4v) is 3.68. The minimum atomic E-state index is -0.895. The predicted octanol–water partition coefficient (Wildman–Crippen LogP) is 3.09. The molecule has 3 aliphatic rings. The van der Waals surface area contributed by atoms with E-state index in [4.69, 9.17) is 9.47 Å². The summed E-state index contributed by atoms with van der Waals surface area (Å²) in [7, 11) is 0. The van der Waals surface area contributed by atoms with Crippen LogP contribution in [0.2, 0.25) is 0 Å². The average Bonchev–Trinajstić information content (AvgIpc) is 2.58. The standard InChI is InChI=1S/C20H25NO5/c1-20(2,3)26-19(24)21-14-9-10-15(16(22)11-14)17(21)18(23)25-12-13-7-5-4-6-8-13/h4-8,14-15,17H,9-12H2,1-3H3/t14-,15+,17-/m0/s1. The summed E-state index contributed by atoms with van der Waals surface area (Å²) in [5.74, 6) is -1.01. The van der Waals surface area contributed by atoms with Crippen LogP contribution in [0.3, 0.4) is 0 Å². The van der Waals surface area contributed by atoms with Crippen LogP contribution in [0.15, 0.2) is 30.3 Å². The third kappa shape index (κ3) is 3.89. The van der Waals surface area contributed by atoms with Gasteiger partial charge in [-0.15, -0.1) is 0 Å². The normalized spacial score (nSPS) is 25.1. The van der Waals surface area contributed by atoms with Crippen LogP contribution in [0.25, 0.3) is 0 Å². The van der Waals surface area contributed by atoms with Crippen molar-refractivity contribution in [3.63, 3.8) is 0 Å². The van der Waals surface area contributed by atoms with Crippen molar-refractivity contribution in [3.05, 3.63) is 35.9 Å². The third-order valence-electron chi connectivity index (χ3n) is 4.81. The predicted molar refractivity (Wildman–Crippen MR) is 94.2 cm³/mol. The first-order valence-electron chi connectivity index (χ1n) is 9.01. The summed E-state index contributed by atoms with van der Waals surface area (Å²) in [5, 5.41) is 0. The van der Waals surface area contributed by atoms with Gasteiger partial charge in [0.2, 0.25) is 0 Å². The molecule has 6 heteroatoms. The Morgan fingerprint density at radius 3 is 2.46 bits per heavy atom. The van der Waals surface area contributed by atoms with E-state index in [9.17, 15) is 14.4 Å². The number of carbonyl (C=O) groups excluding carboxylic acids is 3. The molecule has 1 aliphatic carbocycles. The highest BCUT2D eigenvalue weighted by molar-refractivity contribution is 5.94. The van der Waals surface area contributed by atoms with E-state index in [0.717, 1.165) is 5.56 Å². The summed E-state index contributed by atoms with van der Waals surface area (Å²) >= 11 is 0. The molecule has 1 amide bonds. The van der Waals surface area contributed by atoms with Crippen molar-refractivity contribution in [1.82, 2.24) is 4.90 Å². The number of Topliss-reactive ketones (excluding diaryl/α,β-unsaturated/α-hetero) is 1. The van der Waals surface area contributed by atoms with Crippen LogP contribution in [-0.4, -0.2) is 40.4 Å². The summed E-state index contributed by atoms with van der Waals surface area (Å²) < 4.78 is 10.9. The molecule has 0 N–H and O–H groups in total. The van der Waals surface area contributed by atoms with E-state index in [1.165, 1.54) is 4.90 Å². The van der Waals surface area contributed by atoms with Crippen molar-refractivity contribution in [2.45, 2.75) is 64.3 Å². The van der Waals surface area contributed by atoms with Gasteiger partial charge in [-0.05, 0) is 39.2 Å². The van der Waals surface area contributed by atoms with Crippen molar-refractivity contribution in [2.24, 2.45) is 5.92 Å². The van der Waals surface area contributed by atoms with E-state index in [-0.39, 0.29) is 24.9 Å². The average molecular weight is 359 g/mol. The van der Waals surface area contributed by atoms with E-state index < -0.39 is 29.6 Å². The highest BCUT2D eigenvalue weighted by Crippen LogP contribution is 2.39. The molecule has 0 radical (unpaired) electrons. The van der Waals surface area contributed by atoms with E-state index in [1.54, 1.807) is 20.8 Å². The van der Waals surface area contributed by atoms with Gasteiger partial charge in [-0.2, -0.15) is 0 Å². The monoisotopic (exact) mass is 359 g/mol. The second-order valence-corrected chi connectivity index (χ2v) is 7.93. The van der Waals surface area contributed by atoms with Gasteiger partial charge in [0.1, 0.15) is 24.0 Å². The summed E-state index contributed by atoms with van der Waals surface area (Å²) in [5.41, 5.74) is 0.188. The molecule has 140 valence electrons. The Morgan fingerprint density at radius 1 is 1.15 bits per heavy atom. The molecule has 1 aromatic rings. The van der Waals surface area contributed by atoms with Gasteiger partial charge in [-0.1, -0.05) is 30.3 Å². The number of fused-ring (bicyclic) bond motifs is 3. The Bertz CT molecular complexity index is 694. The van der Waals surface area contributed by atoms with Crippen molar-refractivity contribution in [1.29, 1.82) is 0 Å². The van der Waals surface area contributed by atoms with Gasteiger partial charge in [0.05, 0.1) is 0 Å². The Hall–Kier alpha value is -2.37. The lowest BCUT2D eigenvalue weighted by Crippen LogP contribution is -2.64. The lowest BCUT2D eigenvalue weighted by molar-refractivity contribution is -0.164. The summed E-state index contributed by atoms with van der Waals surface area (Å²) in [4.78, 5) is 39.2. The smallest absolute Gasteiger partial charge is 0.411 e. The molecule has 0 aromatic heterocycles. The van der Waals surface area contributed by atoms with Crippen molar-refractivity contribution in [2.75, 3.05) is 0 Å². The van der Waals surface area contributed by atoms with E-state index in [0.29, 0.717) is 12.8 Å². The second kappa shape index (κ2) is 7.09. The highest BCUT2D eigenvalue weighted by atomic mass is 16.6. The van der Waals surface area contributed by atoms with Gasteiger partial charge in [0.15, 0.2) is 0 Å². The number of esters is 1. The van der Waals surface area contributed by atoms with Crippen LogP contribution < -0.4 is 0 Å². The number of piperidine rings is 2. The molecule has 3 atom stereocenters. The number of benzene rings is 1. The van der Waals surface area contributed by atoms with Gasteiger partial charge < -0.3 is 9.47 Å². The van der Waals surface area contributed by atoms with Crippen LogP contribution in [0.5, 0.6) is 0 Å². The number of amides is 1. The number of ether oxygens (including phenoxy) is 2. The quantitative estimate of drug-likeness (QED) is 0.776. The minimum absolute atomic E-state index is 0.0303. The van der Waals surface area contributed by atoms with E-state index >= 15 is 0 Å². The van der Waals surface area contributed by atoms with Gasteiger partial charge in [-0.25, -0.2) is 9.59 Å². The number of nitrogens with zero attached hydrogens (tertiary/aromatic N) is 1. The van der Waals surface area contributed by atoms with Gasteiger partial charge >= 0.3 is 12.1 Å². The minimum Gasteiger partial charge on any atom is -0.459 e. The Labute approximate surface area is 153 Å².